The highest BCUT2D eigenvalue weighted by molar-refractivity contribution is 5.33. The fourth-order valence-electron chi connectivity index (χ4n) is 1.31. The van der Waals surface area contributed by atoms with E-state index in [9.17, 15) is 0 Å². The highest BCUT2D eigenvalue weighted by Crippen LogP contribution is 2.19. The maximum absolute atomic E-state index is 5.59. The Morgan fingerprint density at radius 1 is 1.31 bits per heavy atom. The molecule has 1 N–H and O–H groups in total. The van der Waals surface area contributed by atoms with Gasteiger partial charge in [-0.25, -0.2) is 0 Å². The molecule has 0 bridgehead atoms. The predicted molar refractivity (Wildman–Crippen MR) is 66.2 cm³/mol. The molecule has 88 valence electrons. The Kier molecular flexibility index (Phi) is 5.43. The lowest BCUT2D eigenvalue weighted by Gasteiger charge is -2.09. The average molecular weight is 221 g/mol. The van der Waals surface area contributed by atoms with Gasteiger partial charge < -0.3 is 14.8 Å². The molecule has 0 aliphatic rings. The molecule has 0 saturated carbocycles. The summed E-state index contributed by atoms with van der Waals surface area (Å²) in [6.07, 6.45) is 0. The quantitative estimate of drug-likeness (QED) is 0.716. The Labute approximate surface area is 97.1 Å². The first-order valence-corrected chi connectivity index (χ1v) is 5.43. The van der Waals surface area contributed by atoms with Crippen LogP contribution in [0.3, 0.4) is 0 Å². The fourth-order valence-corrected chi connectivity index (χ4v) is 1.31. The van der Waals surface area contributed by atoms with Crippen LogP contribution in [0.25, 0.3) is 0 Å². The summed E-state index contributed by atoms with van der Waals surface area (Å²) in [6, 6.07) is 7.63. The second kappa shape index (κ2) is 6.90. The van der Waals surface area contributed by atoms with Crippen LogP contribution in [0.5, 0.6) is 11.5 Å². The molecule has 0 unspecified atom stereocenters. The van der Waals surface area contributed by atoms with Gasteiger partial charge in [-0.15, -0.1) is 0 Å². The summed E-state index contributed by atoms with van der Waals surface area (Å²) in [5.41, 5.74) is 1.02. The van der Waals surface area contributed by atoms with Crippen molar-refractivity contribution in [1.29, 1.82) is 0 Å². The van der Waals surface area contributed by atoms with E-state index in [1.54, 1.807) is 0 Å². The molecule has 0 saturated heterocycles. The molecule has 16 heavy (non-hydrogen) atoms. The first-order chi connectivity index (χ1) is 7.76. The van der Waals surface area contributed by atoms with Crippen molar-refractivity contribution >= 4 is 0 Å². The summed E-state index contributed by atoms with van der Waals surface area (Å²) < 4.78 is 11.0. The largest absolute Gasteiger partial charge is 0.494 e. The molecule has 3 nitrogen and oxygen atoms in total. The van der Waals surface area contributed by atoms with E-state index in [0.717, 1.165) is 23.6 Å². The molecule has 1 aromatic rings. The van der Waals surface area contributed by atoms with Crippen molar-refractivity contribution in [2.24, 2.45) is 0 Å². The maximum atomic E-state index is 5.59. The third-order valence-corrected chi connectivity index (χ3v) is 1.99. The fraction of sp³-hybridized carbons (Fsp3) is 0.385. The van der Waals surface area contributed by atoms with Crippen molar-refractivity contribution in [3.05, 3.63) is 36.4 Å². The smallest absolute Gasteiger partial charge is 0.123 e. The summed E-state index contributed by atoms with van der Waals surface area (Å²) in [7, 11) is 1.89. The number of hydrogen-bond acceptors (Lipinski definition) is 3. The zero-order chi connectivity index (χ0) is 11.8. The zero-order valence-electron chi connectivity index (χ0n) is 9.95. The van der Waals surface area contributed by atoms with Crippen molar-refractivity contribution in [3.8, 4) is 11.5 Å². The first kappa shape index (κ1) is 12.6. The molecule has 0 radical (unpaired) electrons. The Balaban J connectivity index is 2.47. The number of nitrogens with one attached hydrogen (secondary N) is 1. The lowest BCUT2D eigenvalue weighted by Crippen LogP contribution is -2.14. The monoisotopic (exact) mass is 221 g/mol. The van der Waals surface area contributed by atoms with Crippen molar-refractivity contribution in [2.45, 2.75) is 6.92 Å². The van der Waals surface area contributed by atoms with Crippen molar-refractivity contribution < 1.29 is 9.47 Å². The minimum atomic E-state index is 0.524. The molecule has 0 amide bonds. The number of likely N-dealkylation sites (N-methyl/N-ethyl adjacent to an activating group) is 1. The van der Waals surface area contributed by atoms with Gasteiger partial charge in [0.05, 0.1) is 6.61 Å². The molecule has 0 aliphatic carbocycles. The van der Waals surface area contributed by atoms with Gasteiger partial charge in [-0.2, -0.15) is 0 Å². The summed E-state index contributed by atoms with van der Waals surface area (Å²) in [5.74, 6) is 1.64. The molecule has 3 heteroatoms. The second-order valence-corrected chi connectivity index (χ2v) is 3.48. The van der Waals surface area contributed by atoms with Crippen LogP contribution in [0.2, 0.25) is 0 Å². The van der Waals surface area contributed by atoms with Crippen molar-refractivity contribution in [1.82, 2.24) is 5.32 Å². The van der Waals surface area contributed by atoms with E-state index in [0.29, 0.717) is 13.2 Å². The van der Waals surface area contributed by atoms with Crippen LogP contribution in [0.4, 0.5) is 0 Å². The van der Waals surface area contributed by atoms with E-state index < -0.39 is 0 Å². The molecule has 1 rings (SSSR count). The van der Waals surface area contributed by atoms with Crippen LogP contribution < -0.4 is 14.8 Å². The van der Waals surface area contributed by atoms with Crippen LogP contribution in [-0.2, 0) is 0 Å². The van der Waals surface area contributed by atoms with E-state index in [1.165, 1.54) is 0 Å². The lowest BCUT2D eigenvalue weighted by molar-refractivity contribution is 0.327. The standard InChI is InChI=1S/C13H19NO2/c1-4-15-12-6-5-7-13(8-12)16-10-11(2)9-14-3/h5-8,14H,2,4,9-10H2,1,3H3. The molecule has 0 spiro atoms. The molecular formula is C13H19NO2. The molecule has 0 atom stereocenters. The number of ether oxygens (including phenoxy) is 2. The molecule has 0 aromatic heterocycles. The Morgan fingerprint density at radius 3 is 2.62 bits per heavy atom. The lowest BCUT2D eigenvalue weighted by atomic mass is 10.3. The third kappa shape index (κ3) is 4.36. The average Bonchev–Trinajstić information content (AvgIpc) is 2.28. The maximum Gasteiger partial charge on any atom is 0.123 e. The van der Waals surface area contributed by atoms with Crippen molar-refractivity contribution in [2.75, 3.05) is 26.8 Å². The van der Waals surface area contributed by atoms with Gasteiger partial charge in [-0.1, -0.05) is 12.6 Å². The van der Waals surface area contributed by atoms with Crippen molar-refractivity contribution in [3.63, 3.8) is 0 Å². The van der Waals surface area contributed by atoms with Crippen LogP contribution in [0.15, 0.2) is 36.4 Å². The van der Waals surface area contributed by atoms with E-state index in [4.69, 9.17) is 9.47 Å². The Bertz CT molecular complexity index is 336. The van der Waals surface area contributed by atoms with Crippen LogP contribution in [0, 0.1) is 0 Å². The predicted octanol–water partition coefficient (Wildman–Crippen LogP) is 2.24. The summed E-state index contributed by atoms with van der Waals surface area (Å²) in [5, 5.41) is 3.03. The first-order valence-electron chi connectivity index (χ1n) is 5.43. The second-order valence-electron chi connectivity index (χ2n) is 3.48. The molecule has 0 fully saturated rings. The minimum Gasteiger partial charge on any atom is -0.494 e. The van der Waals surface area contributed by atoms with E-state index >= 15 is 0 Å². The van der Waals surface area contributed by atoms with Gasteiger partial charge >= 0.3 is 0 Å². The topological polar surface area (TPSA) is 30.5 Å². The highest BCUT2D eigenvalue weighted by atomic mass is 16.5. The zero-order valence-corrected chi connectivity index (χ0v) is 9.95. The Hall–Kier alpha value is -1.48. The highest BCUT2D eigenvalue weighted by Gasteiger charge is 1.98. The summed E-state index contributed by atoms with van der Waals surface area (Å²) >= 11 is 0. The van der Waals surface area contributed by atoms with Gasteiger partial charge in [0.1, 0.15) is 18.1 Å². The molecular weight excluding hydrogens is 202 g/mol. The number of rotatable bonds is 7. The summed E-state index contributed by atoms with van der Waals surface area (Å²) in [6.45, 7) is 7.82. The van der Waals surface area contributed by atoms with Gasteiger partial charge in [0, 0.05) is 12.6 Å². The van der Waals surface area contributed by atoms with E-state index in [1.807, 2.05) is 38.2 Å². The molecule has 0 aliphatic heterocycles. The molecule has 0 heterocycles. The van der Waals surface area contributed by atoms with Gasteiger partial charge in [0.25, 0.3) is 0 Å². The summed E-state index contributed by atoms with van der Waals surface area (Å²) in [4.78, 5) is 0. The SMILES string of the molecule is C=C(CNC)COc1cccc(OCC)c1. The minimum absolute atomic E-state index is 0.524. The number of benzene rings is 1. The van der Waals surface area contributed by atoms with Gasteiger partial charge in [-0.05, 0) is 31.7 Å². The normalized spacial score (nSPS) is 9.88. The third-order valence-electron chi connectivity index (χ3n) is 1.99. The van der Waals surface area contributed by atoms with Crippen LogP contribution in [-0.4, -0.2) is 26.8 Å². The van der Waals surface area contributed by atoms with Gasteiger partial charge in [-0.3, -0.25) is 0 Å². The Morgan fingerprint density at radius 2 is 2.00 bits per heavy atom. The van der Waals surface area contributed by atoms with E-state index in [-0.39, 0.29) is 0 Å². The molecule has 1 aromatic carbocycles. The van der Waals surface area contributed by atoms with Gasteiger partial charge in [0.2, 0.25) is 0 Å². The van der Waals surface area contributed by atoms with Gasteiger partial charge in [0.15, 0.2) is 0 Å². The van der Waals surface area contributed by atoms with Crippen LogP contribution in [0.1, 0.15) is 6.92 Å². The number of hydrogen-bond donors (Lipinski definition) is 1. The van der Waals surface area contributed by atoms with Crippen LogP contribution >= 0.6 is 0 Å². The van der Waals surface area contributed by atoms with E-state index in [2.05, 4.69) is 11.9 Å².